The molecule has 2 aliphatic heterocycles. The fourth-order valence-corrected chi connectivity index (χ4v) is 4.81. The smallest absolute Gasteiger partial charge is 0.0605 e. The molecular weight excluding hydrogens is 258 g/mol. The molecule has 3 aliphatic rings. The van der Waals surface area contributed by atoms with Crippen molar-refractivity contribution in [1.29, 1.82) is 0 Å². The molecule has 0 amide bonds. The van der Waals surface area contributed by atoms with Crippen molar-refractivity contribution in [3.63, 3.8) is 0 Å². The number of nitrogens with one attached hydrogen (secondary N) is 1. The van der Waals surface area contributed by atoms with Crippen LogP contribution in [0.25, 0.3) is 0 Å². The van der Waals surface area contributed by atoms with Crippen LogP contribution >= 0.6 is 0 Å². The number of pyridine rings is 1. The van der Waals surface area contributed by atoms with E-state index < -0.39 is 0 Å². The lowest BCUT2D eigenvalue weighted by Crippen LogP contribution is -2.55. The average molecular weight is 285 g/mol. The summed E-state index contributed by atoms with van der Waals surface area (Å²) in [6.45, 7) is 0. The second-order valence-corrected chi connectivity index (χ2v) is 7.23. The topological polar surface area (TPSA) is 28.2 Å². The minimum Gasteiger partial charge on any atom is -0.306 e. The zero-order valence-corrected chi connectivity index (χ0v) is 13.1. The van der Waals surface area contributed by atoms with E-state index in [9.17, 15) is 0 Å². The van der Waals surface area contributed by atoms with Gasteiger partial charge in [-0.05, 0) is 63.6 Å². The van der Waals surface area contributed by atoms with Crippen LogP contribution in [-0.2, 0) is 6.42 Å². The van der Waals surface area contributed by atoms with Gasteiger partial charge >= 0.3 is 0 Å². The molecule has 3 nitrogen and oxygen atoms in total. The SMILES string of the molecule is CN1C2CCCC1CC(NC1CCCc3cccnc31)C2. The molecule has 3 atom stereocenters. The summed E-state index contributed by atoms with van der Waals surface area (Å²) in [5, 5.41) is 3.97. The van der Waals surface area contributed by atoms with Gasteiger partial charge in [0, 0.05) is 30.4 Å². The molecule has 0 spiro atoms. The third-order valence-electron chi connectivity index (χ3n) is 5.97. The van der Waals surface area contributed by atoms with Crippen LogP contribution in [0.2, 0.25) is 0 Å². The summed E-state index contributed by atoms with van der Waals surface area (Å²) in [5.74, 6) is 0. The van der Waals surface area contributed by atoms with Gasteiger partial charge in [0.25, 0.3) is 0 Å². The van der Waals surface area contributed by atoms with Crippen molar-refractivity contribution in [3.05, 3.63) is 29.6 Å². The van der Waals surface area contributed by atoms with Gasteiger partial charge in [-0.2, -0.15) is 0 Å². The van der Waals surface area contributed by atoms with Crippen molar-refractivity contribution in [2.45, 2.75) is 75.5 Å². The Hall–Kier alpha value is -0.930. The largest absolute Gasteiger partial charge is 0.306 e. The molecule has 3 unspecified atom stereocenters. The lowest BCUT2D eigenvalue weighted by Gasteiger charge is -2.48. The molecule has 0 aromatic carbocycles. The lowest BCUT2D eigenvalue weighted by molar-refractivity contribution is 0.0450. The zero-order valence-electron chi connectivity index (χ0n) is 13.1. The Balaban J connectivity index is 1.48. The molecule has 3 heteroatoms. The normalized spacial score (nSPS) is 36.2. The first kappa shape index (κ1) is 13.7. The van der Waals surface area contributed by atoms with Crippen molar-refractivity contribution < 1.29 is 0 Å². The summed E-state index contributed by atoms with van der Waals surface area (Å²) >= 11 is 0. The highest BCUT2D eigenvalue weighted by Gasteiger charge is 2.37. The van der Waals surface area contributed by atoms with Gasteiger partial charge in [-0.3, -0.25) is 4.98 Å². The highest BCUT2D eigenvalue weighted by atomic mass is 15.2. The minimum absolute atomic E-state index is 0.490. The highest BCUT2D eigenvalue weighted by molar-refractivity contribution is 5.25. The van der Waals surface area contributed by atoms with Crippen LogP contribution in [0.3, 0.4) is 0 Å². The average Bonchev–Trinajstić information content (AvgIpc) is 2.49. The predicted molar refractivity (Wildman–Crippen MR) is 85.3 cm³/mol. The fraction of sp³-hybridized carbons (Fsp3) is 0.722. The monoisotopic (exact) mass is 285 g/mol. The van der Waals surface area contributed by atoms with Gasteiger partial charge in [-0.25, -0.2) is 0 Å². The number of aromatic nitrogens is 1. The summed E-state index contributed by atoms with van der Waals surface area (Å²) < 4.78 is 0. The highest BCUT2D eigenvalue weighted by Crippen LogP contribution is 2.35. The van der Waals surface area contributed by atoms with Crippen LogP contribution in [-0.4, -0.2) is 35.1 Å². The summed E-state index contributed by atoms with van der Waals surface area (Å²) in [6, 6.07) is 7.14. The van der Waals surface area contributed by atoms with Gasteiger partial charge in [0.1, 0.15) is 0 Å². The number of hydrogen-bond acceptors (Lipinski definition) is 3. The van der Waals surface area contributed by atoms with Crippen LogP contribution < -0.4 is 5.32 Å². The van der Waals surface area contributed by atoms with Gasteiger partial charge in [0.15, 0.2) is 0 Å². The predicted octanol–water partition coefficient (Wildman–Crippen LogP) is 3.06. The van der Waals surface area contributed by atoms with Crippen LogP contribution in [0.4, 0.5) is 0 Å². The van der Waals surface area contributed by atoms with Crippen LogP contribution in [0.15, 0.2) is 18.3 Å². The molecule has 1 aliphatic carbocycles. The molecule has 0 saturated carbocycles. The Bertz CT molecular complexity index is 487. The first-order valence-corrected chi connectivity index (χ1v) is 8.73. The summed E-state index contributed by atoms with van der Waals surface area (Å²) in [6.07, 6.45) is 12.6. The second kappa shape index (κ2) is 5.69. The maximum atomic E-state index is 4.68. The molecule has 21 heavy (non-hydrogen) atoms. The number of rotatable bonds is 2. The third kappa shape index (κ3) is 2.62. The molecule has 2 saturated heterocycles. The first-order chi connectivity index (χ1) is 10.3. The zero-order chi connectivity index (χ0) is 14.2. The van der Waals surface area contributed by atoms with E-state index in [1.165, 1.54) is 62.6 Å². The van der Waals surface area contributed by atoms with Gasteiger partial charge in [-0.15, -0.1) is 0 Å². The van der Waals surface area contributed by atoms with E-state index in [1.54, 1.807) is 0 Å². The van der Waals surface area contributed by atoms with E-state index in [0.717, 1.165) is 12.1 Å². The number of fused-ring (bicyclic) bond motifs is 3. The minimum atomic E-state index is 0.490. The van der Waals surface area contributed by atoms with Crippen LogP contribution in [0, 0.1) is 0 Å². The third-order valence-corrected chi connectivity index (χ3v) is 5.97. The lowest BCUT2D eigenvalue weighted by atomic mass is 9.81. The van der Waals surface area contributed by atoms with E-state index in [1.807, 2.05) is 6.20 Å². The van der Waals surface area contributed by atoms with Gasteiger partial charge < -0.3 is 10.2 Å². The Labute approximate surface area is 128 Å². The Morgan fingerprint density at radius 2 is 1.95 bits per heavy atom. The van der Waals surface area contributed by atoms with Crippen molar-refractivity contribution in [2.75, 3.05) is 7.05 Å². The number of piperidine rings is 2. The molecule has 1 aromatic heterocycles. The number of aryl methyl sites for hydroxylation is 1. The van der Waals surface area contributed by atoms with Crippen molar-refractivity contribution in [3.8, 4) is 0 Å². The summed E-state index contributed by atoms with van der Waals surface area (Å²) in [4.78, 5) is 7.33. The molecule has 1 N–H and O–H groups in total. The van der Waals surface area contributed by atoms with E-state index in [4.69, 9.17) is 0 Å². The molecule has 1 aromatic rings. The molecule has 4 rings (SSSR count). The van der Waals surface area contributed by atoms with E-state index >= 15 is 0 Å². The number of nitrogens with zero attached hydrogens (tertiary/aromatic N) is 2. The van der Waals surface area contributed by atoms with Crippen molar-refractivity contribution in [1.82, 2.24) is 15.2 Å². The maximum absolute atomic E-state index is 4.68. The molecule has 2 fully saturated rings. The van der Waals surface area contributed by atoms with Crippen molar-refractivity contribution >= 4 is 0 Å². The van der Waals surface area contributed by atoms with Gasteiger partial charge in [-0.1, -0.05) is 12.5 Å². The molecular formula is C18H27N3. The van der Waals surface area contributed by atoms with E-state index in [-0.39, 0.29) is 0 Å². The Morgan fingerprint density at radius 3 is 2.76 bits per heavy atom. The Morgan fingerprint density at radius 1 is 1.14 bits per heavy atom. The Kier molecular flexibility index (Phi) is 3.72. The standard InChI is InChI=1S/C18H27N3/c1-21-15-7-3-8-16(21)12-14(11-15)20-17-9-2-5-13-6-4-10-19-18(13)17/h4,6,10,14-17,20H,2-3,5,7-9,11-12H2,1H3. The number of hydrogen-bond donors (Lipinski definition) is 1. The summed E-state index contributed by atoms with van der Waals surface area (Å²) in [7, 11) is 2.34. The van der Waals surface area contributed by atoms with Gasteiger partial charge in [0.05, 0.1) is 5.69 Å². The summed E-state index contributed by atoms with van der Waals surface area (Å²) in [5.41, 5.74) is 2.79. The molecule has 2 bridgehead atoms. The second-order valence-electron chi connectivity index (χ2n) is 7.23. The van der Waals surface area contributed by atoms with Crippen LogP contribution in [0.5, 0.6) is 0 Å². The molecule has 0 radical (unpaired) electrons. The van der Waals surface area contributed by atoms with E-state index in [2.05, 4.69) is 34.4 Å². The molecule has 3 heterocycles. The first-order valence-electron chi connectivity index (χ1n) is 8.73. The maximum Gasteiger partial charge on any atom is 0.0605 e. The fourth-order valence-electron chi connectivity index (χ4n) is 4.81. The van der Waals surface area contributed by atoms with Crippen LogP contribution in [0.1, 0.15) is 62.2 Å². The quantitative estimate of drug-likeness (QED) is 0.905. The van der Waals surface area contributed by atoms with E-state index in [0.29, 0.717) is 12.1 Å². The van der Waals surface area contributed by atoms with Gasteiger partial charge in [0.2, 0.25) is 0 Å². The van der Waals surface area contributed by atoms with Crippen molar-refractivity contribution in [2.24, 2.45) is 0 Å². The molecule has 114 valence electrons.